The number of carbonyl (C=O) groups is 1. The zero-order valence-electron chi connectivity index (χ0n) is 15.8. The molecule has 0 atom stereocenters. The third-order valence-corrected chi connectivity index (χ3v) is 7.47. The summed E-state index contributed by atoms with van der Waals surface area (Å²) < 4.78 is 26.5. The van der Waals surface area contributed by atoms with Gasteiger partial charge in [0.25, 0.3) is 11.6 Å². The highest BCUT2D eigenvalue weighted by molar-refractivity contribution is 7.89. The first-order valence-electron chi connectivity index (χ1n) is 8.95. The third kappa shape index (κ3) is 5.08. The van der Waals surface area contributed by atoms with Crippen molar-refractivity contribution in [2.24, 2.45) is 0 Å². The molecule has 0 unspecified atom stereocenters. The maximum atomic E-state index is 12.5. The van der Waals surface area contributed by atoms with Gasteiger partial charge in [-0.05, 0) is 19.1 Å². The second kappa shape index (κ2) is 8.84. The van der Waals surface area contributed by atoms with Crippen LogP contribution >= 0.6 is 11.3 Å². The Bertz CT molecular complexity index is 985. The van der Waals surface area contributed by atoms with E-state index in [4.69, 9.17) is 0 Å². The molecule has 156 valence electrons. The van der Waals surface area contributed by atoms with Gasteiger partial charge in [-0.3, -0.25) is 14.9 Å². The number of carbonyl (C=O) groups excluding carboxylic acids is 1. The summed E-state index contributed by atoms with van der Waals surface area (Å²) in [7, 11) is -3.52. The number of nitrogens with one attached hydrogen (secondary N) is 1. The lowest BCUT2D eigenvalue weighted by atomic mass is 10.3. The number of piperazine rings is 1. The van der Waals surface area contributed by atoms with Crippen molar-refractivity contribution in [1.29, 1.82) is 0 Å². The van der Waals surface area contributed by atoms with Gasteiger partial charge in [-0.25, -0.2) is 13.4 Å². The van der Waals surface area contributed by atoms with Crippen molar-refractivity contribution in [2.75, 3.05) is 43.4 Å². The zero-order chi connectivity index (χ0) is 21.0. The highest BCUT2D eigenvalue weighted by Gasteiger charge is 2.27. The Labute approximate surface area is 172 Å². The molecule has 2 aromatic rings. The molecule has 29 heavy (non-hydrogen) atoms. The third-order valence-electron chi connectivity index (χ3n) is 4.56. The molecule has 1 fully saturated rings. The smallest absolute Gasteiger partial charge is 0.283 e. The maximum absolute atomic E-state index is 12.5. The summed E-state index contributed by atoms with van der Waals surface area (Å²) in [5, 5.41) is 13.4. The number of aryl methyl sites for hydroxylation is 1. The lowest BCUT2D eigenvalue weighted by molar-refractivity contribution is -0.385. The molecule has 3 heterocycles. The van der Waals surface area contributed by atoms with E-state index in [1.54, 1.807) is 13.1 Å². The normalized spacial score (nSPS) is 15.3. The van der Waals surface area contributed by atoms with Gasteiger partial charge in [0, 0.05) is 45.0 Å². The quantitative estimate of drug-likeness (QED) is 0.508. The molecule has 0 radical (unpaired) electrons. The summed E-state index contributed by atoms with van der Waals surface area (Å²) in [5.74, 6) is 0.0768. The number of nitro groups is 1. The molecule has 0 aromatic carbocycles. The second-order valence-corrected chi connectivity index (χ2v) is 9.80. The van der Waals surface area contributed by atoms with Crippen LogP contribution < -0.4 is 10.2 Å². The Morgan fingerprint density at radius 3 is 2.62 bits per heavy atom. The predicted molar refractivity (Wildman–Crippen MR) is 110 cm³/mol. The number of hydrogen-bond acceptors (Lipinski definition) is 8. The lowest BCUT2D eigenvalue weighted by Gasteiger charge is -2.34. The van der Waals surface area contributed by atoms with Crippen molar-refractivity contribution in [3.05, 3.63) is 50.3 Å². The summed E-state index contributed by atoms with van der Waals surface area (Å²) in [6.45, 7) is 3.29. The molecule has 1 saturated heterocycles. The van der Waals surface area contributed by atoms with Gasteiger partial charge in [0.15, 0.2) is 0 Å². The number of anilines is 1. The molecule has 3 rings (SSSR count). The summed E-state index contributed by atoms with van der Waals surface area (Å²) in [6.07, 6.45) is 1.70. The van der Waals surface area contributed by atoms with E-state index in [1.807, 2.05) is 23.1 Å². The van der Waals surface area contributed by atoms with Crippen LogP contribution in [0.1, 0.15) is 14.5 Å². The minimum atomic E-state index is -3.52. The van der Waals surface area contributed by atoms with Crippen LogP contribution in [0.4, 0.5) is 11.5 Å². The van der Waals surface area contributed by atoms with Crippen molar-refractivity contribution >= 4 is 38.8 Å². The molecular formula is C17H21N5O5S2. The van der Waals surface area contributed by atoms with Gasteiger partial charge in [-0.15, -0.1) is 11.3 Å². The molecule has 1 N–H and O–H groups in total. The van der Waals surface area contributed by atoms with E-state index in [1.165, 1.54) is 10.4 Å². The van der Waals surface area contributed by atoms with Gasteiger partial charge < -0.3 is 10.2 Å². The van der Waals surface area contributed by atoms with Crippen molar-refractivity contribution in [3.8, 4) is 0 Å². The summed E-state index contributed by atoms with van der Waals surface area (Å²) in [6, 6.07) is 6.81. The first-order valence-corrected chi connectivity index (χ1v) is 11.4. The topological polar surface area (TPSA) is 126 Å². The fraction of sp³-hybridized carbons (Fsp3) is 0.412. The van der Waals surface area contributed by atoms with Crippen molar-refractivity contribution in [3.63, 3.8) is 0 Å². The summed E-state index contributed by atoms with van der Waals surface area (Å²) in [5.41, 5.74) is -0.112. The van der Waals surface area contributed by atoms with Gasteiger partial charge in [0.2, 0.25) is 10.0 Å². The molecule has 1 aliphatic heterocycles. The molecule has 12 heteroatoms. The van der Waals surface area contributed by atoms with Gasteiger partial charge in [-0.1, -0.05) is 6.07 Å². The molecule has 0 saturated carbocycles. The SMILES string of the molecule is Cc1sc(C(=O)NCCS(=O)(=O)N2CCN(c3ccccn3)CC2)cc1[N+](=O)[O-]. The number of thiophene rings is 1. The van der Waals surface area contributed by atoms with Crippen LogP contribution in [0.5, 0.6) is 0 Å². The van der Waals surface area contributed by atoms with Crippen LogP contribution in [0, 0.1) is 17.0 Å². The van der Waals surface area contributed by atoms with Crippen molar-refractivity contribution < 1.29 is 18.1 Å². The molecule has 0 aliphatic carbocycles. The van der Waals surface area contributed by atoms with Gasteiger partial charge in [0.1, 0.15) is 5.82 Å². The van der Waals surface area contributed by atoms with Gasteiger partial charge >= 0.3 is 0 Å². The van der Waals surface area contributed by atoms with Crippen LogP contribution in [0.15, 0.2) is 30.5 Å². The molecule has 10 nitrogen and oxygen atoms in total. The average Bonchev–Trinajstić information content (AvgIpc) is 3.11. The molecule has 0 bridgehead atoms. The Hall–Kier alpha value is -2.57. The first-order chi connectivity index (χ1) is 13.8. The number of sulfonamides is 1. The lowest BCUT2D eigenvalue weighted by Crippen LogP contribution is -2.50. The van der Waals surface area contributed by atoms with Crippen LogP contribution in [0.3, 0.4) is 0 Å². The Kier molecular flexibility index (Phi) is 6.45. The van der Waals surface area contributed by atoms with Crippen molar-refractivity contribution in [1.82, 2.24) is 14.6 Å². The highest BCUT2D eigenvalue weighted by atomic mass is 32.2. The van der Waals surface area contributed by atoms with Gasteiger partial charge in [0.05, 0.1) is 20.4 Å². The fourth-order valence-electron chi connectivity index (χ4n) is 3.01. The number of rotatable bonds is 7. The summed E-state index contributed by atoms with van der Waals surface area (Å²) in [4.78, 5) is 29.4. The number of hydrogen-bond donors (Lipinski definition) is 1. The minimum Gasteiger partial charge on any atom is -0.354 e. The Morgan fingerprint density at radius 2 is 2.03 bits per heavy atom. The van der Waals surface area contributed by atoms with E-state index in [0.29, 0.717) is 31.1 Å². The minimum absolute atomic E-state index is 0.0631. The van der Waals surface area contributed by atoms with E-state index in [9.17, 15) is 23.3 Å². The molecule has 0 spiro atoms. The van der Waals surface area contributed by atoms with Crippen LogP contribution in [-0.4, -0.2) is 67.0 Å². The van der Waals surface area contributed by atoms with E-state index in [-0.39, 0.29) is 22.9 Å². The van der Waals surface area contributed by atoms with Crippen LogP contribution in [-0.2, 0) is 10.0 Å². The van der Waals surface area contributed by atoms with Gasteiger partial charge in [-0.2, -0.15) is 4.31 Å². The summed E-state index contributed by atoms with van der Waals surface area (Å²) >= 11 is 1.01. The number of amides is 1. The highest BCUT2D eigenvalue weighted by Crippen LogP contribution is 2.27. The van der Waals surface area contributed by atoms with Crippen LogP contribution in [0.2, 0.25) is 0 Å². The molecular weight excluding hydrogens is 418 g/mol. The number of nitrogens with zero attached hydrogens (tertiary/aromatic N) is 4. The maximum Gasteiger partial charge on any atom is 0.283 e. The largest absolute Gasteiger partial charge is 0.354 e. The molecule has 1 aliphatic rings. The average molecular weight is 440 g/mol. The Balaban J connectivity index is 1.50. The first kappa shape index (κ1) is 21.1. The Morgan fingerprint density at radius 1 is 1.31 bits per heavy atom. The zero-order valence-corrected chi connectivity index (χ0v) is 17.4. The van der Waals surface area contributed by atoms with Crippen LogP contribution in [0.25, 0.3) is 0 Å². The molecule has 1 amide bonds. The fourth-order valence-corrected chi connectivity index (χ4v) is 5.25. The number of aromatic nitrogens is 1. The van der Waals surface area contributed by atoms with E-state index >= 15 is 0 Å². The van der Waals surface area contributed by atoms with E-state index in [2.05, 4.69) is 10.3 Å². The second-order valence-electron chi connectivity index (χ2n) is 6.46. The van der Waals surface area contributed by atoms with Crippen molar-refractivity contribution in [2.45, 2.75) is 6.92 Å². The standard InChI is InChI=1S/C17H21N5O5S2/c1-13-14(22(24)25)12-15(28-13)17(23)19-6-11-29(26,27)21-9-7-20(8-10-21)16-4-2-3-5-18-16/h2-5,12H,6-11H2,1H3,(H,19,23). The van der Waals surface area contributed by atoms with E-state index in [0.717, 1.165) is 17.2 Å². The molecule has 2 aromatic heterocycles. The monoisotopic (exact) mass is 439 g/mol. The number of pyridine rings is 1. The predicted octanol–water partition coefficient (Wildman–Crippen LogP) is 1.24. The van der Waals surface area contributed by atoms with E-state index < -0.39 is 20.9 Å².